The highest BCUT2D eigenvalue weighted by atomic mass is 32.1. The zero-order chi connectivity index (χ0) is 15.6. The highest BCUT2D eigenvalue weighted by Gasteiger charge is 2.30. The standard InChI is InChI=1S/C13H11F3N2O2S/c1-7-11(21-8(2)17-7)12(19)18-9-3-5-10(6-4-9)20-13(14,15)16/h3-6H,1-2H3,(H,18,19). The molecule has 2 aromatic rings. The lowest BCUT2D eigenvalue weighted by molar-refractivity contribution is -0.274. The molecular weight excluding hydrogens is 305 g/mol. The summed E-state index contributed by atoms with van der Waals surface area (Å²) < 4.78 is 39.8. The van der Waals surface area contributed by atoms with Gasteiger partial charge in [-0.2, -0.15) is 0 Å². The first-order valence-corrected chi connectivity index (χ1v) is 6.67. The molecule has 1 N–H and O–H groups in total. The molecule has 112 valence electrons. The van der Waals surface area contributed by atoms with Gasteiger partial charge in [-0.25, -0.2) is 4.98 Å². The Morgan fingerprint density at radius 1 is 1.24 bits per heavy atom. The van der Waals surface area contributed by atoms with Gasteiger partial charge in [0.2, 0.25) is 0 Å². The summed E-state index contributed by atoms with van der Waals surface area (Å²) >= 11 is 1.26. The maximum Gasteiger partial charge on any atom is 0.573 e. The van der Waals surface area contributed by atoms with Crippen LogP contribution >= 0.6 is 11.3 Å². The molecule has 1 amide bonds. The first kappa shape index (κ1) is 15.3. The summed E-state index contributed by atoms with van der Waals surface area (Å²) in [6, 6.07) is 4.94. The summed E-state index contributed by atoms with van der Waals surface area (Å²) in [5, 5.41) is 3.37. The van der Waals surface area contributed by atoms with Crippen LogP contribution in [0, 0.1) is 13.8 Å². The molecule has 0 unspecified atom stereocenters. The monoisotopic (exact) mass is 316 g/mol. The molecule has 4 nitrogen and oxygen atoms in total. The first-order valence-electron chi connectivity index (χ1n) is 5.86. The van der Waals surface area contributed by atoms with Crippen LogP contribution in [0.1, 0.15) is 20.4 Å². The van der Waals surface area contributed by atoms with Crippen LogP contribution in [0.2, 0.25) is 0 Å². The number of benzene rings is 1. The minimum Gasteiger partial charge on any atom is -0.406 e. The second-order valence-corrected chi connectivity index (χ2v) is 5.38. The normalized spacial score (nSPS) is 11.3. The van der Waals surface area contributed by atoms with Crippen molar-refractivity contribution in [2.75, 3.05) is 5.32 Å². The van der Waals surface area contributed by atoms with Crippen LogP contribution < -0.4 is 10.1 Å². The Bertz CT molecular complexity index is 650. The molecule has 0 spiro atoms. The van der Waals surface area contributed by atoms with Crippen LogP contribution in [0.4, 0.5) is 18.9 Å². The number of nitrogens with zero attached hydrogens (tertiary/aromatic N) is 1. The number of aromatic nitrogens is 1. The molecule has 0 aliphatic carbocycles. The smallest absolute Gasteiger partial charge is 0.406 e. The molecule has 0 atom stereocenters. The van der Waals surface area contributed by atoms with E-state index in [4.69, 9.17) is 0 Å². The number of thiazole rings is 1. The maximum atomic E-state index is 12.0. The highest BCUT2D eigenvalue weighted by molar-refractivity contribution is 7.13. The lowest BCUT2D eigenvalue weighted by atomic mass is 10.3. The van der Waals surface area contributed by atoms with Gasteiger partial charge in [0.05, 0.1) is 10.7 Å². The first-order chi connectivity index (χ1) is 9.74. The van der Waals surface area contributed by atoms with Crippen molar-refractivity contribution in [2.45, 2.75) is 20.2 Å². The Labute approximate surface area is 122 Å². The van der Waals surface area contributed by atoms with Crippen LogP contribution in [0.25, 0.3) is 0 Å². The van der Waals surface area contributed by atoms with Crippen molar-refractivity contribution in [3.05, 3.63) is 39.8 Å². The zero-order valence-electron chi connectivity index (χ0n) is 11.1. The molecule has 0 aliphatic rings. The van der Waals surface area contributed by atoms with Crippen molar-refractivity contribution in [2.24, 2.45) is 0 Å². The van der Waals surface area contributed by atoms with Gasteiger partial charge < -0.3 is 10.1 Å². The van der Waals surface area contributed by atoms with Crippen molar-refractivity contribution in [1.82, 2.24) is 4.98 Å². The van der Waals surface area contributed by atoms with Crippen LogP contribution in [0.15, 0.2) is 24.3 Å². The molecular formula is C13H11F3N2O2S. The molecule has 1 heterocycles. The number of anilines is 1. The molecule has 0 saturated carbocycles. The van der Waals surface area contributed by atoms with Crippen molar-refractivity contribution in [3.8, 4) is 5.75 Å². The minimum atomic E-state index is -4.73. The zero-order valence-corrected chi connectivity index (χ0v) is 11.9. The van der Waals surface area contributed by atoms with Gasteiger partial charge in [-0.05, 0) is 38.1 Å². The molecule has 21 heavy (non-hydrogen) atoms. The van der Waals surface area contributed by atoms with Gasteiger partial charge in [-0.3, -0.25) is 4.79 Å². The number of carbonyl (C=O) groups is 1. The summed E-state index contributed by atoms with van der Waals surface area (Å²) in [4.78, 5) is 16.6. The van der Waals surface area contributed by atoms with Gasteiger partial charge in [0, 0.05) is 5.69 Å². The molecule has 0 bridgehead atoms. The van der Waals surface area contributed by atoms with Gasteiger partial charge in [0.25, 0.3) is 5.91 Å². The van der Waals surface area contributed by atoms with E-state index in [2.05, 4.69) is 15.0 Å². The number of alkyl halides is 3. The maximum absolute atomic E-state index is 12.0. The van der Waals surface area contributed by atoms with Gasteiger partial charge in [-0.15, -0.1) is 24.5 Å². The number of halogens is 3. The van der Waals surface area contributed by atoms with Crippen LogP contribution in [-0.4, -0.2) is 17.3 Å². The number of amides is 1. The van der Waals surface area contributed by atoms with Gasteiger partial charge in [0.1, 0.15) is 10.6 Å². The van der Waals surface area contributed by atoms with E-state index in [1.807, 2.05) is 0 Å². The molecule has 0 fully saturated rings. The largest absolute Gasteiger partial charge is 0.573 e. The van der Waals surface area contributed by atoms with Gasteiger partial charge >= 0.3 is 6.36 Å². The molecule has 8 heteroatoms. The number of ether oxygens (including phenoxy) is 1. The van der Waals surface area contributed by atoms with E-state index in [9.17, 15) is 18.0 Å². The average molecular weight is 316 g/mol. The van der Waals surface area contributed by atoms with Gasteiger partial charge in [-0.1, -0.05) is 0 Å². The molecule has 1 aromatic heterocycles. The fourth-order valence-electron chi connectivity index (χ4n) is 1.67. The lowest BCUT2D eigenvalue weighted by Crippen LogP contribution is -2.17. The predicted octanol–water partition coefficient (Wildman–Crippen LogP) is 3.91. The molecule has 0 radical (unpaired) electrons. The third-order valence-corrected chi connectivity index (χ3v) is 3.53. The van der Waals surface area contributed by atoms with E-state index >= 15 is 0 Å². The quantitative estimate of drug-likeness (QED) is 0.934. The fraction of sp³-hybridized carbons (Fsp3) is 0.231. The Balaban J connectivity index is 2.07. The topological polar surface area (TPSA) is 51.2 Å². The van der Waals surface area contributed by atoms with E-state index in [0.29, 0.717) is 16.3 Å². The van der Waals surface area contributed by atoms with Crippen LogP contribution in [-0.2, 0) is 0 Å². The number of carbonyl (C=O) groups excluding carboxylic acids is 1. The Kier molecular flexibility index (Phi) is 4.17. The number of nitrogens with one attached hydrogen (secondary N) is 1. The van der Waals surface area contributed by atoms with E-state index in [1.54, 1.807) is 13.8 Å². The molecule has 2 rings (SSSR count). The molecule has 1 aromatic carbocycles. The van der Waals surface area contributed by atoms with Crippen LogP contribution in [0.3, 0.4) is 0 Å². The van der Waals surface area contributed by atoms with Crippen molar-refractivity contribution < 1.29 is 22.7 Å². The fourth-order valence-corrected chi connectivity index (χ4v) is 2.48. The van der Waals surface area contributed by atoms with E-state index in [1.165, 1.54) is 23.5 Å². The van der Waals surface area contributed by atoms with Crippen molar-refractivity contribution >= 4 is 22.9 Å². The number of hydrogen-bond acceptors (Lipinski definition) is 4. The number of hydrogen-bond donors (Lipinski definition) is 1. The van der Waals surface area contributed by atoms with Crippen LogP contribution in [0.5, 0.6) is 5.75 Å². The highest BCUT2D eigenvalue weighted by Crippen LogP contribution is 2.24. The van der Waals surface area contributed by atoms with E-state index < -0.39 is 6.36 Å². The Hall–Kier alpha value is -2.09. The summed E-state index contributed by atoms with van der Waals surface area (Å²) in [6.45, 7) is 3.51. The third kappa shape index (κ3) is 4.19. The second-order valence-electron chi connectivity index (χ2n) is 4.17. The summed E-state index contributed by atoms with van der Waals surface area (Å²) in [6.07, 6.45) is -4.73. The lowest BCUT2D eigenvalue weighted by Gasteiger charge is -2.09. The number of aryl methyl sites for hydroxylation is 2. The Morgan fingerprint density at radius 2 is 1.86 bits per heavy atom. The van der Waals surface area contributed by atoms with Crippen molar-refractivity contribution in [1.29, 1.82) is 0 Å². The third-order valence-electron chi connectivity index (χ3n) is 2.46. The average Bonchev–Trinajstić information content (AvgIpc) is 2.69. The SMILES string of the molecule is Cc1nc(C)c(C(=O)Nc2ccc(OC(F)(F)F)cc2)s1. The predicted molar refractivity (Wildman–Crippen MR) is 72.7 cm³/mol. The van der Waals surface area contributed by atoms with Gasteiger partial charge in [0.15, 0.2) is 0 Å². The summed E-state index contributed by atoms with van der Waals surface area (Å²) in [5.74, 6) is -0.687. The molecule has 0 saturated heterocycles. The summed E-state index contributed by atoms with van der Waals surface area (Å²) in [7, 11) is 0. The Morgan fingerprint density at radius 3 is 2.33 bits per heavy atom. The van der Waals surface area contributed by atoms with Crippen molar-refractivity contribution in [3.63, 3.8) is 0 Å². The minimum absolute atomic E-state index is 0.342. The van der Waals surface area contributed by atoms with E-state index in [0.717, 1.165) is 17.1 Å². The molecule has 0 aliphatic heterocycles. The summed E-state index contributed by atoms with van der Waals surface area (Å²) in [5.41, 5.74) is 0.993. The number of rotatable bonds is 3. The van der Waals surface area contributed by atoms with E-state index in [-0.39, 0.29) is 11.7 Å². The second kappa shape index (κ2) is 5.72.